The number of allylic oxidation sites excluding steroid dienone is 2. The molecule has 1 heterocycles. The minimum atomic E-state index is -0.407. The first-order valence-electron chi connectivity index (χ1n) is 8.13. The first-order chi connectivity index (χ1) is 11.6. The largest absolute Gasteiger partial charge is 0.492 e. The van der Waals surface area contributed by atoms with Crippen molar-refractivity contribution in [1.29, 1.82) is 0 Å². The predicted octanol–water partition coefficient (Wildman–Crippen LogP) is 1.97. The summed E-state index contributed by atoms with van der Waals surface area (Å²) in [5, 5.41) is 2.72. The van der Waals surface area contributed by atoms with Crippen LogP contribution in [0.15, 0.2) is 36.4 Å². The molecule has 0 aromatic heterocycles. The summed E-state index contributed by atoms with van der Waals surface area (Å²) < 4.78 is 5.46. The van der Waals surface area contributed by atoms with Crippen LogP contribution in [0.3, 0.4) is 0 Å². The second kappa shape index (κ2) is 6.86. The number of carbonyl (C=O) groups is 3. The van der Waals surface area contributed by atoms with E-state index < -0.39 is 5.91 Å². The molecule has 3 rings (SSSR count). The highest BCUT2D eigenvalue weighted by atomic mass is 16.5. The Morgan fingerprint density at radius 3 is 2.42 bits per heavy atom. The smallest absolute Gasteiger partial charge is 0.244 e. The lowest BCUT2D eigenvalue weighted by atomic mass is 9.85. The van der Waals surface area contributed by atoms with Gasteiger partial charge >= 0.3 is 0 Å². The Kier molecular flexibility index (Phi) is 4.64. The lowest BCUT2D eigenvalue weighted by molar-refractivity contribution is -0.142. The van der Waals surface area contributed by atoms with E-state index in [0.29, 0.717) is 30.9 Å². The van der Waals surface area contributed by atoms with Gasteiger partial charge in [0, 0.05) is 0 Å². The number of rotatable bonds is 5. The van der Waals surface area contributed by atoms with E-state index in [1.165, 1.54) is 0 Å². The van der Waals surface area contributed by atoms with Crippen LogP contribution in [0, 0.1) is 11.8 Å². The molecule has 2 unspecified atom stereocenters. The number of ether oxygens (including phenoxy) is 1. The summed E-state index contributed by atoms with van der Waals surface area (Å²) in [6.07, 6.45) is 4.99. The molecular weight excluding hydrogens is 308 g/mol. The molecule has 2 aliphatic rings. The van der Waals surface area contributed by atoms with Gasteiger partial charge in [-0.1, -0.05) is 24.3 Å². The van der Waals surface area contributed by atoms with E-state index in [4.69, 9.17) is 4.74 Å². The van der Waals surface area contributed by atoms with Crippen LogP contribution in [0.1, 0.15) is 19.8 Å². The molecule has 0 spiro atoms. The Balaban J connectivity index is 1.67. The number of imide groups is 1. The van der Waals surface area contributed by atoms with Crippen molar-refractivity contribution in [3.63, 3.8) is 0 Å². The third kappa shape index (κ3) is 3.04. The second-order valence-electron chi connectivity index (χ2n) is 5.90. The number of fused-ring (bicyclic) bond motifs is 1. The third-order valence-corrected chi connectivity index (χ3v) is 4.36. The number of likely N-dealkylation sites (tertiary alicyclic amines) is 1. The fourth-order valence-corrected chi connectivity index (χ4v) is 3.21. The van der Waals surface area contributed by atoms with Crippen LogP contribution >= 0.6 is 0 Å². The molecule has 6 nitrogen and oxygen atoms in total. The minimum Gasteiger partial charge on any atom is -0.492 e. The molecule has 1 N–H and O–H groups in total. The monoisotopic (exact) mass is 328 g/mol. The maximum absolute atomic E-state index is 12.4. The van der Waals surface area contributed by atoms with Gasteiger partial charge in [0.2, 0.25) is 17.7 Å². The molecule has 1 aliphatic carbocycles. The van der Waals surface area contributed by atoms with Crippen molar-refractivity contribution in [3.8, 4) is 5.75 Å². The van der Waals surface area contributed by atoms with Gasteiger partial charge in [-0.15, -0.1) is 0 Å². The number of nitrogens with one attached hydrogen (secondary N) is 1. The Bertz CT molecular complexity index is 672. The van der Waals surface area contributed by atoms with E-state index in [9.17, 15) is 14.4 Å². The van der Waals surface area contributed by atoms with Crippen molar-refractivity contribution in [2.75, 3.05) is 18.5 Å². The van der Waals surface area contributed by atoms with Crippen LogP contribution in [-0.4, -0.2) is 35.8 Å². The van der Waals surface area contributed by atoms with Crippen molar-refractivity contribution in [2.24, 2.45) is 11.8 Å². The fourth-order valence-electron chi connectivity index (χ4n) is 3.21. The molecule has 126 valence electrons. The first kappa shape index (κ1) is 16.2. The van der Waals surface area contributed by atoms with Crippen LogP contribution in [0.25, 0.3) is 0 Å². The van der Waals surface area contributed by atoms with Crippen LogP contribution in [-0.2, 0) is 14.4 Å². The third-order valence-electron chi connectivity index (χ3n) is 4.36. The summed E-state index contributed by atoms with van der Waals surface area (Å²) in [5.41, 5.74) is 0.530. The lowest BCUT2D eigenvalue weighted by Gasteiger charge is -2.16. The zero-order chi connectivity index (χ0) is 17.1. The molecule has 0 radical (unpaired) electrons. The molecular formula is C18H20N2O4. The van der Waals surface area contributed by atoms with Gasteiger partial charge in [0.25, 0.3) is 0 Å². The molecule has 1 aromatic rings. The topological polar surface area (TPSA) is 75.7 Å². The van der Waals surface area contributed by atoms with Crippen molar-refractivity contribution in [2.45, 2.75) is 19.8 Å². The number of amides is 3. The number of benzene rings is 1. The second-order valence-corrected chi connectivity index (χ2v) is 5.90. The highest BCUT2D eigenvalue weighted by Crippen LogP contribution is 2.35. The summed E-state index contributed by atoms with van der Waals surface area (Å²) in [5.74, 6) is -0.969. The van der Waals surface area contributed by atoms with E-state index in [1.54, 1.807) is 18.2 Å². The molecule has 24 heavy (non-hydrogen) atoms. The van der Waals surface area contributed by atoms with Gasteiger partial charge in [0.15, 0.2) is 0 Å². The maximum Gasteiger partial charge on any atom is 0.244 e. The molecule has 2 atom stereocenters. The number of nitrogens with zero attached hydrogens (tertiary/aromatic N) is 1. The van der Waals surface area contributed by atoms with Gasteiger partial charge < -0.3 is 10.1 Å². The maximum atomic E-state index is 12.4. The van der Waals surface area contributed by atoms with Crippen molar-refractivity contribution in [3.05, 3.63) is 36.4 Å². The number of hydrogen-bond acceptors (Lipinski definition) is 4. The Morgan fingerprint density at radius 1 is 1.17 bits per heavy atom. The van der Waals surface area contributed by atoms with Crippen molar-refractivity contribution >= 4 is 23.4 Å². The molecule has 3 amide bonds. The zero-order valence-electron chi connectivity index (χ0n) is 13.5. The molecule has 0 bridgehead atoms. The van der Waals surface area contributed by atoms with Gasteiger partial charge in [-0.2, -0.15) is 0 Å². The number of hydrogen-bond donors (Lipinski definition) is 1. The number of para-hydroxylation sites is 2. The summed E-state index contributed by atoms with van der Waals surface area (Å²) >= 11 is 0. The van der Waals surface area contributed by atoms with Crippen LogP contribution in [0.4, 0.5) is 5.69 Å². The Morgan fingerprint density at radius 2 is 1.79 bits per heavy atom. The molecule has 1 aliphatic heterocycles. The SMILES string of the molecule is CCOc1ccccc1NC(=O)CN1C(=O)C2CC=CCC2C1=O. The van der Waals surface area contributed by atoms with Crippen molar-refractivity contribution < 1.29 is 19.1 Å². The Hall–Kier alpha value is -2.63. The van der Waals surface area contributed by atoms with E-state index in [1.807, 2.05) is 25.1 Å². The summed E-state index contributed by atoms with van der Waals surface area (Å²) in [4.78, 5) is 38.1. The average Bonchev–Trinajstić information content (AvgIpc) is 2.82. The van der Waals surface area contributed by atoms with Crippen LogP contribution in [0.5, 0.6) is 5.75 Å². The van der Waals surface area contributed by atoms with Crippen molar-refractivity contribution in [1.82, 2.24) is 4.90 Å². The summed E-state index contributed by atoms with van der Waals surface area (Å²) in [7, 11) is 0. The fraction of sp³-hybridized carbons (Fsp3) is 0.389. The van der Waals surface area contributed by atoms with E-state index >= 15 is 0 Å². The quantitative estimate of drug-likeness (QED) is 0.662. The highest BCUT2D eigenvalue weighted by molar-refractivity contribution is 6.09. The summed E-state index contributed by atoms with van der Waals surface area (Å²) in [6.45, 7) is 2.08. The molecule has 6 heteroatoms. The number of carbonyl (C=O) groups excluding carboxylic acids is 3. The molecule has 1 aromatic carbocycles. The first-order valence-corrected chi connectivity index (χ1v) is 8.13. The number of anilines is 1. The average molecular weight is 328 g/mol. The van der Waals surface area contributed by atoms with Gasteiger partial charge in [0.1, 0.15) is 12.3 Å². The Labute approximate surface area is 140 Å². The molecule has 0 saturated carbocycles. The van der Waals surface area contributed by atoms with E-state index in [-0.39, 0.29) is 30.2 Å². The predicted molar refractivity (Wildman–Crippen MR) is 88.3 cm³/mol. The minimum absolute atomic E-state index is 0.248. The normalized spacial score (nSPS) is 22.5. The van der Waals surface area contributed by atoms with Gasteiger partial charge in [-0.05, 0) is 31.9 Å². The lowest BCUT2D eigenvalue weighted by Crippen LogP contribution is -2.38. The summed E-state index contributed by atoms with van der Waals surface area (Å²) in [6, 6.07) is 7.07. The standard InChI is InChI=1S/C18H20N2O4/c1-2-24-15-10-6-5-9-14(15)19-16(21)11-20-17(22)12-7-3-4-8-13(12)18(20)23/h3-6,9-10,12-13H,2,7-8,11H2,1H3,(H,19,21). The zero-order valence-corrected chi connectivity index (χ0v) is 13.5. The molecule has 1 saturated heterocycles. The highest BCUT2D eigenvalue weighted by Gasteiger charge is 2.47. The van der Waals surface area contributed by atoms with E-state index in [2.05, 4.69) is 5.32 Å². The van der Waals surface area contributed by atoms with Gasteiger partial charge in [0.05, 0.1) is 24.1 Å². The van der Waals surface area contributed by atoms with Gasteiger partial charge in [-0.25, -0.2) is 0 Å². The molecule has 1 fully saturated rings. The van der Waals surface area contributed by atoms with Crippen LogP contribution in [0.2, 0.25) is 0 Å². The van der Waals surface area contributed by atoms with Gasteiger partial charge in [-0.3, -0.25) is 19.3 Å². The van der Waals surface area contributed by atoms with Crippen LogP contribution < -0.4 is 10.1 Å². The van der Waals surface area contributed by atoms with E-state index in [0.717, 1.165) is 4.90 Å².